The molecular formula is C27H31Cl2N7O2. The maximum Gasteiger partial charge on any atom is 0.303 e. The Labute approximate surface area is 232 Å². The van der Waals surface area contributed by atoms with E-state index in [1.54, 1.807) is 23.0 Å². The predicted molar refractivity (Wildman–Crippen MR) is 147 cm³/mol. The summed E-state index contributed by atoms with van der Waals surface area (Å²) in [5, 5.41) is 24.4. The summed E-state index contributed by atoms with van der Waals surface area (Å²) in [4.78, 5) is 25.5. The van der Waals surface area contributed by atoms with E-state index < -0.39 is 5.97 Å². The van der Waals surface area contributed by atoms with Gasteiger partial charge in [-0.15, -0.1) is 0 Å². The summed E-state index contributed by atoms with van der Waals surface area (Å²) in [7, 11) is 0. The molecule has 4 atom stereocenters. The van der Waals surface area contributed by atoms with E-state index in [9.17, 15) is 10.1 Å². The van der Waals surface area contributed by atoms with Crippen LogP contribution in [0.25, 0.3) is 11.2 Å². The molecule has 0 radical (unpaired) electrons. The van der Waals surface area contributed by atoms with Crippen LogP contribution in [0.2, 0.25) is 10.0 Å². The third-order valence-electron chi connectivity index (χ3n) is 8.00. The number of carboxylic acids is 1. The number of hydrogen-bond donors (Lipinski definition) is 1. The van der Waals surface area contributed by atoms with Crippen molar-refractivity contribution in [2.75, 3.05) is 24.5 Å². The number of piperidine rings is 1. The maximum atomic E-state index is 11.1. The number of rotatable bonds is 7. The molecule has 2 aliphatic rings. The normalized spacial score (nSPS) is 23.0. The van der Waals surface area contributed by atoms with Crippen LogP contribution >= 0.6 is 23.2 Å². The third-order valence-corrected chi connectivity index (χ3v) is 8.56. The molecule has 200 valence electrons. The summed E-state index contributed by atoms with van der Waals surface area (Å²) in [5.74, 6) is 0.421. The second-order valence-corrected chi connectivity index (χ2v) is 11.2. The molecule has 0 bridgehead atoms. The highest BCUT2D eigenvalue weighted by molar-refractivity contribution is 6.35. The molecule has 0 saturated carbocycles. The van der Waals surface area contributed by atoms with Gasteiger partial charge in [-0.2, -0.15) is 10.4 Å². The minimum Gasteiger partial charge on any atom is -0.481 e. The molecule has 0 amide bonds. The minimum absolute atomic E-state index is 0.224. The fourth-order valence-electron chi connectivity index (χ4n) is 6.10. The lowest BCUT2D eigenvalue weighted by Gasteiger charge is -2.43. The Morgan fingerprint density at radius 1 is 1.29 bits per heavy atom. The van der Waals surface area contributed by atoms with E-state index in [1.807, 2.05) is 13.0 Å². The van der Waals surface area contributed by atoms with Gasteiger partial charge >= 0.3 is 5.97 Å². The molecule has 0 spiro atoms. The van der Waals surface area contributed by atoms with Crippen molar-refractivity contribution in [3.63, 3.8) is 0 Å². The Morgan fingerprint density at radius 3 is 2.82 bits per heavy atom. The third kappa shape index (κ3) is 5.18. The Hall–Kier alpha value is -2.93. The Bertz CT molecular complexity index is 1390. The molecule has 0 unspecified atom stereocenters. The zero-order valence-electron chi connectivity index (χ0n) is 21.5. The monoisotopic (exact) mass is 555 g/mol. The number of hydrogen-bond acceptors (Lipinski definition) is 7. The highest BCUT2D eigenvalue weighted by Gasteiger charge is 2.37. The lowest BCUT2D eigenvalue weighted by atomic mass is 9.91. The van der Waals surface area contributed by atoms with Gasteiger partial charge in [0.15, 0.2) is 11.3 Å². The lowest BCUT2D eigenvalue weighted by molar-refractivity contribution is -0.137. The summed E-state index contributed by atoms with van der Waals surface area (Å²) < 4.78 is 1.72. The largest absolute Gasteiger partial charge is 0.481 e. The number of carboxylic acid groups (broad SMARTS) is 1. The number of nitrogens with zero attached hydrogens (tertiary/aromatic N) is 7. The van der Waals surface area contributed by atoms with E-state index in [0.717, 1.165) is 50.3 Å². The fraction of sp³-hybridized carbons (Fsp3) is 0.519. The number of anilines is 1. The standard InChI is InChI=1S/C27H31Cl2N7O2/c1-16-15-34(11-9-23(16)35-10-3-4-19(35)6-8-25(37)38)24-14-31-26-22(13-30)33-36(27(26)32-24)17(2)20-7-5-18(28)12-21(20)29/h5,7,12,14,16-17,19,23H,3-4,6,8-11,15H2,1-2H3,(H,37,38)/t16-,17-,19+,23+/m1/s1. The van der Waals surface area contributed by atoms with Crippen molar-refractivity contribution < 1.29 is 9.90 Å². The first kappa shape index (κ1) is 26.7. The van der Waals surface area contributed by atoms with E-state index in [-0.39, 0.29) is 18.2 Å². The summed E-state index contributed by atoms with van der Waals surface area (Å²) in [6.45, 7) is 6.91. The zero-order chi connectivity index (χ0) is 27.0. The summed E-state index contributed by atoms with van der Waals surface area (Å²) in [5.41, 5.74) is 2.06. The van der Waals surface area contributed by atoms with Crippen molar-refractivity contribution in [1.82, 2.24) is 24.6 Å². The van der Waals surface area contributed by atoms with Crippen LogP contribution in [0.4, 0.5) is 5.82 Å². The molecule has 2 saturated heterocycles. The number of nitriles is 1. The summed E-state index contributed by atoms with van der Waals surface area (Å²) >= 11 is 12.6. The number of fused-ring (bicyclic) bond motifs is 1. The Morgan fingerprint density at radius 2 is 2.11 bits per heavy atom. The smallest absolute Gasteiger partial charge is 0.303 e. The van der Waals surface area contributed by atoms with Gasteiger partial charge in [0.1, 0.15) is 17.4 Å². The number of halogens is 2. The molecule has 3 aromatic rings. The molecule has 5 rings (SSSR count). The van der Waals surface area contributed by atoms with E-state index in [1.165, 1.54) is 0 Å². The molecule has 38 heavy (non-hydrogen) atoms. The van der Waals surface area contributed by atoms with Crippen LogP contribution in [-0.2, 0) is 4.79 Å². The van der Waals surface area contributed by atoms with Crippen molar-refractivity contribution in [2.24, 2.45) is 5.92 Å². The first-order valence-electron chi connectivity index (χ1n) is 13.1. The molecule has 2 aliphatic heterocycles. The van der Waals surface area contributed by atoms with Crippen LogP contribution < -0.4 is 4.90 Å². The van der Waals surface area contributed by atoms with Crippen LogP contribution in [0.1, 0.15) is 63.3 Å². The maximum absolute atomic E-state index is 11.1. The number of benzene rings is 1. The SMILES string of the molecule is C[C@@H]1CN(c2cnc3c(C#N)nn([C@H](C)c4ccc(Cl)cc4Cl)c3n2)CC[C@@H]1N1CCC[C@H]1CCC(=O)O. The molecule has 2 aromatic heterocycles. The van der Waals surface area contributed by atoms with E-state index in [4.69, 9.17) is 33.3 Å². The van der Waals surface area contributed by atoms with Crippen molar-refractivity contribution >= 4 is 46.2 Å². The molecule has 1 N–H and O–H groups in total. The van der Waals surface area contributed by atoms with Gasteiger partial charge in [-0.25, -0.2) is 14.6 Å². The van der Waals surface area contributed by atoms with Crippen LogP contribution in [0, 0.1) is 17.2 Å². The first-order valence-corrected chi connectivity index (χ1v) is 13.8. The summed E-state index contributed by atoms with van der Waals surface area (Å²) in [6, 6.07) is 7.97. The molecule has 11 heteroatoms. The van der Waals surface area contributed by atoms with Crippen molar-refractivity contribution in [2.45, 2.75) is 64.1 Å². The zero-order valence-corrected chi connectivity index (χ0v) is 23.0. The first-order chi connectivity index (χ1) is 18.3. The molecule has 0 aliphatic carbocycles. The van der Waals surface area contributed by atoms with Gasteiger partial charge in [-0.05, 0) is 62.8 Å². The van der Waals surface area contributed by atoms with Crippen molar-refractivity contribution in [3.8, 4) is 6.07 Å². The highest BCUT2D eigenvalue weighted by Crippen LogP contribution is 2.34. The molecular weight excluding hydrogens is 525 g/mol. The van der Waals surface area contributed by atoms with E-state index in [0.29, 0.717) is 45.6 Å². The molecule has 1 aromatic carbocycles. The topological polar surface area (TPSA) is 111 Å². The second kappa shape index (κ2) is 11.0. The Kier molecular flexibility index (Phi) is 7.75. The van der Waals surface area contributed by atoms with Gasteiger partial charge in [0.05, 0.1) is 12.2 Å². The molecule has 2 fully saturated rings. The van der Waals surface area contributed by atoms with Gasteiger partial charge < -0.3 is 10.0 Å². The van der Waals surface area contributed by atoms with Gasteiger partial charge in [-0.1, -0.05) is 36.2 Å². The van der Waals surface area contributed by atoms with E-state index >= 15 is 0 Å². The van der Waals surface area contributed by atoms with Gasteiger partial charge in [0, 0.05) is 41.6 Å². The minimum atomic E-state index is -0.722. The summed E-state index contributed by atoms with van der Waals surface area (Å²) in [6.07, 6.45) is 5.84. The average molecular weight is 556 g/mol. The van der Waals surface area contributed by atoms with Crippen LogP contribution in [-0.4, -0.2) is 67.4 Å². The lowest BCUT2D eigenvalue weighted by Crippen LogP contribution is -2.52. The highest BCUT2D eigenvalue weighted by atomic mass is 35.5. The van der Waals surface area contributed by atoms with E-state index in [2.05, 4.69) is 32.9 Å². The quantitative estimate of drug-likeness (QED) is 0.425. The van der Waals surface area contributed by atoms with Crippen molar-refractivity contribution in [3.05, 3.63) is 45.7 Å². The van der Waals surface area contributed by atoms with Gasteiger partial charge in [0.25, 0.3) is 0 Å². The van der Waals surface area contributed by atoms with Crippen LogP contribution in [0.5, 0.6) is 0 Å². The second-order valence-electron chi connectivity index (χ2n) is 10.4. The number of carbonyl (C=O) groups is 1. The van der Waals surface area contributed by atoms with Crippen LogP contribution in [0.15, 0.2) is 24.4 Å². The number of aliphatic carboxylic acids is 1. The molecule has 9 nitrogen and oxygen atoms in total. The molecule has 4 heterocycles. The van der Waals surface area contributed by atoms with Crippen molar-refractivity contribution in [1.29, 1.82) is 5.26 Å². The van der Waals surface area contributed by atoms with Gasteiger partial charge in [0.2, 0.25) is 0 Å². The predicted octanol–water partition coefficient (Wildman–Crippen LogP) is 5.16. The Balaban J connectivity index is 1.38. The van der Waals surface area contributed by atoms with Gasteiger partial charge in [-0.3, -0.25) is 9.69 Å². The van der Waals surface area contributed by atoms with Crippen LogP contribution in [0.3, 0.4) is 0 Å². The number of aromatic nitrogens is 4. The number of likely N-dealkylation sites (tertiary alicyclic amines) is 1. The fourth-order valence-corrected chi connectivity index (χ4v) is 6.66. The average Bonchev–Trinajstić information content (AvgIpc) is 3.51.